The molecule has 0 aromatic heterocycles. The molecule has 2 nitrogen and oxygen atoms in total. The van der Waals surface area contributed by atoms with Crippen molar-refractivity contribution in [3.63, 3.8) is 0 Å². The summed E-state index contributed by atoms with van der Waals surface area (Å²) >= 11 is 0. The van der Waals surface area contributed by atoms with Crippen LogP contribution >= 0.6 is 0 Å². The van der Waals surface area contributed by atoms with E-state index in [2.05, 4.69) is 5.32 Å². The topological polar surface area (TPSA) is 29.1 Å². The average molecular weight is 245 g/mol. The van der Waals surface area contributed by atoms with Gasteiger partial charge in [0.1, 0.15) is 0 Å². The minimum absolute atomic E-state index is 0.120. The summed E-state index contributed by atoms with van der Waals surface area (Å²) in [6.45, 7) is 2.80. The van der Waals surface area contributed by atoms with E-state index in [0.717, 1.165) is 25.1 Å². The molecule has 1 heterocycles. The molecule has 5 heteroatoms. The predicted octanol–water partition coefficient (Wildman–Crippen LogP) is 2.13. The molecule has 88 valence electrons. The summed E-state index contributed by atoms with van der Waals surface area (Å²) in [5, 5.41) is 3.18. The molecule has 2 unspecified atom stereocenters. The fourth-order valence-corrected chi connectivity index (χ4v) is 3.31. The van der Waals surface area contributed by atoms with Gasteiger partial charge < -0.3 is 5.32 Å². The zero-order valence-corrected chi connectivity index (χ0v) is 9.74. The van der Waals surface area contributed by atoms with Crippen LogP contribution in [0.15, 0.2) is 17.0 Å². The van der Waals surface area contributed by atoms with Crippen LogP contribution in [-0.4, -0.2) is 16.5 Å². The highest BCUT2D eigenvalue weighted by atomic mass is 32.2. The van der Waals surface area contributed by atoms with Crippen molar-refractivity contribution >= 4 is 10.8 Å². The van der Waals surface area contributed by atoms with E-state index in [4.69, 9.17) is 0 Å². The molecule has 0 aliphatic carbocycles. The van der Waals surface area contributed by atoms with Crippen molar-refractivity contribution in [2.75, 3.05) is 12.3 Å². The van der Waals surface area contributed by atoms with Gasteiger partial charge in [0, 0.05) is 16.7 Å². The first-order valence-corrected chi connectivity index (χ1v) is 6.56. The van der Waals surface area contributed by atoms with Crippen molar-refractivity contribution in [1.29, 1.82) is 0 Å². The largest absolute Gasteiger partial charge is 0.309 e. The Balaban J connectivity index is 2.34. The highest BCUT2D eigenvalue weighted by molar-refractivity contribution is 7.85. The molecule has 0 spiro atoms. The van der Waals surface area contributed by atoms with Gasteiger partial charge in [-0.3, -0.25) is 4.21 Å². The maximum Gasteiger partial charge on any atom is 0.160 e. The van der Waals surface area contributed by atoms with Crippen molar-refractivity contribution in [1.82, 2.24) is 5.32 Å². The zero-order valence-electron chi connectivity index (χ0n) is 8.93. The van der Waals surface area contributed by atoms with Crippen LogP contribution in [0.3, 0.4) is 0 Å². The highest BCUT2D eigenvalue weighted by Gasteiger charge is 2.29. The van der Waals surface area contributed by atoms with Gasteiger partial charge in [-0.1, -0.05) is 6.92 Å². The Labute approximate surface area is 95.5 Å². The molecule has 1 N–H and O–H groups in total. The quantitative estimate of drug-likeness (QED) is 0.884. The Morgan fingerprint density at radius 1 is 1.44 bits per heavy atom. The smallest absolute Gasteiger partial charge is 0.160 e. The predicted molar refractivity (Wildman–Crippen MR) is 58.7 cm³/mol. The van der Waals surface area contributed by atoms with Gasteiger partial charge in [-0.2, -0.15) is 0 Å². The van der Waals surface area contributed by atoms with Gasteiger partial charge in [-0.15, -0.1) is 0 Å². The summed E-state index contributed by atoms with van der Waals surface area (Å²) in [7, 11) is -1.22. The van der Waals surface area contributed by atoms with Gasteiger partial charge >= 0.3 is 0 Å². The second-order valence-electron chi connectivity index (χ2n) is 3.82. The van der Waals surface area contributed by atoms with E-state index >= 15 is 0 Å². The van der Waals surface area contributed by atoms with Crippen LogP contribution in [0.5, 0.6) is 0 Å². The van der Waals surface area contributed by atoms with E-state index in [9.17, 15) is 13.0 Å². The summed E-state index contributed by atoms with van der Waals surface area (Å²) in [5.41, 5.74) is 0.630. The Kier molecular flexibility index (Phi) is 3.35. The van der Waals surface area contributed by atoms with Crippen LogP contribution in [0.4, 0.5) is 8.78 Å². The molecule has 1 aliphatic heterocycles. The van der Waals surface area contributed by atoms with Crippen molar-refractivity contribution in [2.45, 2.75) is 24.3 Å². The van der Waals surface area contributed by atoms with E-state index in [1.807, 2.05) is 6.92 Å². The zero-order chi connectivity index (χ0) is 11.7. The molecule has 1 aliphatic rings. The van der Waals surface area contributed by atoms with Gasteiger partial charge in [0.25, 0.3) is 0 Å². The molecule has 0 fully saturated rings. The molecule has 2 atom stereocenters. The van der Waals surface area contributed by atoms with E-state index in [0.29, 0.717) is 16.2 Å². The van der Waals surface area contributed by atoms with Crippen LogP contribution in [0.25, 0.3) is 0 Å². The highest BCUT2D eigenvalue weighted by Crippen LogP contribution is 2.32. The third-order valence-corrected chi connectivity index (χ3v) is 4.11. The molecule has 0 saturated carbocycles. The van der Waals surface area contributed by atoms with Gasteiger partial charge in [0.05, 0.1) is 10.8 Å². The van der Waals surface area contributed by atoms with Crippen LogP contribution in [0.1, 0.15) is 24.9 Å². The first-order chi connectivity index (χ1) is 7.63. The van der Waals surface area contributed by atoms with Crippen LogP contribution in [0.2, 0.25) is 0 Å². The molecule has 1 aromatic rings. The van der Waals surface area contributed by atoms with E-state index < -0.39 is 22.4 Å². The fraction of sp³-hybridized carbons (Fsp3) is 0.455. The Morgan fingerprint density at radius 3 is 2.81 bits per heavy atom. The SMILES string of the molecule is CCCNC1CS(=O)c2cc(F)c(F)cc21. The molecular formula is C11H13F2NOS. The second-order valence-corrected chi connectivity index (χ2v) is 5.29. The average Bonchev–Trinajstić information content (AvgIpc) is 2.54. The maximum absolute atomic E-state index is 13.1. The molecule has 0 saturated heterocycles. The van der Waals surface area contributed by atoms with Crippen molar-refractivity contribution in [2.24, 2.45) is 0 Å². The van der Waals surface area contributed by atoms with E-state index in [-0.39, 0.29) is 6.04 Å². The van der Waals surface area contributed by atoms with Crippen molar-refractivity contribution in [3.05, 3.63) is 29.3 Å². The number of halogens is 2. The summed E-state index contributed by atoms with van der Waals surface area (Å²) in [6.07, 6.45) is 0.947. The van der Waals surface area contributed by atoms with Crippen LogP contribution in [0, 0.1) is 11.6 Å². The summed E-state index contributed by atoms with van der Waals surface area (Å²) < 4.78 is 37.8. The van der Waals surface area contributed by atoms with Crippen molar-refractivity contribution < 1.29 is 13.0 Å². The van der Waals surface area contributed by atoms with Gasteiger partial charge in [-0.25, -0.2) is 8.78 Å². The lowest BCUT2D eigenvalue weighted by atomic mass is 10.1. The third-order valence-electron chi connectivity index (χ3n) is 2.63. The summed E-state index contributed by atoms with van der Waals surface area (Å²) in [6, 6.07) is 2.09. The van der Waals surface area contributed by atoms with Gasteiger partial charge in [0.2, 0.25) is 0 Å². The Bertz CT molecular complexity index is 436. The first-order valence-electron chi connectivity index (χ1n) is 5.24. The number of hydrogen-bond donors (Lipinski definition) is 1. The molecule has 0 amide bonds. The number of benzene rings is 1. The monoisotopic (exact) mass is 245 g/mol. The minimum Gasteiger partial charge on any atom is -0.309 e. The molecule has 2 rings (SSSR count). The minimum atomic E-state index is -1.22. The first kappa shape index (κ1) is 11.7. The van der Waals surface area contributed by atoms with E-state index in [1.54, 1.807) is 0 Å². The van der Waals surface area contributed by atoms with Crippen molar-refractivity contribution in [3.8, 4) is 0 Å². The van der Waals surface area contributed by atoms with E-state index in [1.165, 1.54) is 0 Å². The number of fused-ring (bicyclic) bond motifs is 1. The number of nitrogens with one attached hydrogen (secondary N) is 1. The lowest BCUT2D eigenvalue weighted by Crippen LogP contribution is -2.22. The van der Waals surface area contributed by atoms with Crippen LogP contribution in [-0.2, 0) is 10.8 Å². The lowest BCUT2D eigenvalue weighted by Gasteiger charge is -2.11. The summed E-state index contributed by atoms with van der Waals surface area (Å²) in [4.78, 5) is 0.424. The summed E-state index contributed by atoms with van der Waals surface area (Å²) in [5.74, 6) is -1.40. The fourth-order valence-electron chi connectivity index (χ4n) is 1.83. The third kappa shape index (κ3) is 2.01. The number of rotatable bonds is 3. The standard InChI is InChI=1S/C11H13F2NOS/c1-2-3-14-10-6-16(15)11-5-9(13)8(12)4-7(10)11/h4-5,10,14H,2-3,6H2,1H3. The van der Waals surface area contributed by atoms with Crippen LogP contribution < -0.4 is 5.32 Å². The molecule has 16 heavy (non-hydrogen) atoms. The molecule has 1 aromatic carbocycles. The molecule has 0 bridgehead atoms. The molecule has 0 radical (unpaired) electrons. The second kappa shape index (κ2) is 4.59. The molecular weight excluding hydrogens is 232 g/mol. The number of hydrogen-bond acceptors (Lipinski definition) is 2. The Morgan fingerprint density at radius 2 is 2.12 bits per heavy atom. The lowest BCUT2D eigenvalue weighted by molar-refractivity contribution is 0.498. The van der Waals surface area contributed by atoms with Gasteiger partial charge in [0.15, 0.2) is 11.6 Å². The Hall–Kier alpha value is -0.810. The van der Waals surface area contributed by atoms with Gasteiger partial charge in [-0.05, 0) is 30.7 Å². The maximum atomic E-state index is 13.1. The normalized spacial score (nSPS) is 23.4.